The van der Waals surface area contributed by atoms with Gasteiger partial charge in [-0.15, -0.1) is 5.10 Å². The van der Waals surface area contributed by atoms with Crippen LogP contribution in [0, 0.1) is 0 Å². The third-order valence-corrected chi connectivity index (χ3v) is 5.22. The van der Waals surface area contributed by atoms with E-state index in [0.29, 0.717) is 16.6 Å². The molecule has 2 amide bonds. The van der Waals surface area contributed by atoms with E-state index >= 15 is 0 Å². The average Bonchev–Trinajstić information content (AvgIpc) is 3.18. The maximum atomic E-state index is 13.3. The molecule has 0 saturated carbocycles. The number of nitrogens with one attached hydrogen (secondary N) is 1. The Labute approximate surface area is 170 Å². The second-order valence-electron chi connectivity index (χ2n) is 6.15. The van der Waals surface area contributed by atoms with Crippen LogP contribution >= 0.6 is 23.4 Å². The van der Waals surface area contributed by atoms with Crippen molar-refractivity contribution in [2.75, 3.05) is 0 Å². The van der Waals surface area contributed by atoms with E-state index in [1.54, 1.807) is 18.2 Å². The van der Waals surface area contributed by atoms with Gasteiger partial charge in [0.2, 0.25) is 0 Å². The van der Waals surface area contributed by atoms with Crippen LogP contribution in [0.25, 0.3) is 17.1 Å². The fourth-order valence-corrected chi connectivity index (χ4v) is 3.73. The molecule has 0 radical (unpaired) electrons. The van der Waals surface area contributed by atoms with Crippen molar-refractivity contribution < 1.29 is 22.8 Å². The van der Waals surface area contributed by atoms with Crippen molar-refractivity contribution in [2.24, 2.45) is 0 Å². The van der Waals surface area contributed by atoms with Crippen LogP contribution in [0.4, 0.5) is 18.0 Å². The Hall–Kier alpha value is -2.85. The van der Waals surface area contributed by atoms with Crippen molar-refractivity contribution in [1.29, 1.82) is 0 Å². The number of imide groups is 1. The Morgan fingerprint density at radius 2 is 1.97 bits per heavy atom. The number of fused-ring (bicyclic) bond motifs is 1. The minimum atomic E-state index is -4.55. The summed E-state index contributed by atoms with van der Waals surface area (Å²) in [5.41, 5.74) is 0.757. The summed E-state index contributed by atoms with van der Waals surface area (Å²) in [7, 11) is 0. The molecule has 0 aliphatic carbocycles. The van der Waals surface area contributed by atoms with Gasteiger partial charge in [-0.25, -0.2) is 4.68 Å². The molecule has 2 aromatic carbocycles. The van der Waals surface area contributed by atoms with E-state index in [9.17, 15) is 22.8 Å². The molecular weight excluding hydrogens is 429 g/mol. The number of aromatic nitrogens is 3. The number of rotatable bonds is 3. The summed E-state index contributed by atoms with van der Waals surface area (Å²) in [5.74, 6) is -0.480. The van der Waals surface area contributed by atoms with E-state index in [4.69, 9.17) is 11.6 Å². The quantitative estimate of drug-likeness (QED) is 0.610. The van der Waals surface area contributed by atoms with Gasteiger partial charge in [-0.3, -0.25) is 14.9 Å². The van der Waals surface area contributed by atoms with E-state index in [1.165, 1.54) is 22.9 Å². The molecule has 0 unspecified atom stereocenters. The van der Waals surface area contributed by atoms with Gasteiger partial charge in [0.05, 0.1) is 22.5 Å². The third-order valence-electron chi connectivity index (χ3n) is 4.18. The average molecular weight is 439 g/mol. The van der Waals surface area contributed by atoms with Crippen LogP contribution in [0.2, 0.25) is 5.02 Å². The van der Waals surface area contributed by atoms with E-state index in [1.807, 2.05) is 0 Å². The molecule has 11 heteroatoms. The van der Waals surface area contributed by atoms with Crippen molar-refractivity contribution in [2.45, 2.75) is 12.7 Å². The molecule has 1 N–H and O–H groups in total. The van der Waals surface area contributed by atoms with Crippen LogP contribution in [0.1, 0.15) is 16.7 Å². The number of alkyl halides is 3. The zero-order chi connectivity index (χ0) is 20.8. The first-order chi connectivity index (χ1) is 13.7. The summed E-state index contributed by atoms with van der Waals surface area (Å²) in [6, 6.07) is 8.52. The Balaban J connectivity index is 1.67. The maximum absolute atomic E-state index is 13.3. The predicted molar refractivity (Wildman–Crippen MR) is 102 cm³/mol. The summed E-state index contributed by atoms with van der Waals surface area (Å²) in [5, 5.41) is 9.65. The summed E-state index contributed by atoms with van der Waals surface area (Å²) >= 11 is 6.50. The fourth-order valence-electron chi connectivity index (χ4n) is 2.88. The summed E-state index contributed by atoms with van der Waals surface area (Å²) in [6.07, 6.45) is -3.02. The molecule has 0 atom stereocenters. The number of nitrogens with zero attached hydrogens (tertiary/aromatic N) is 3. The molecule has 1 aromatic heterocycles. The number of thioether (sulfide) groups is 1. The Kier molecular flexibility index (Phi) is 4.83. The lowest BCUT2D eigenvalue weighted by Crippen LogP contribution is -2.17. The van der Waals surface area contributed by atoms with Crippen molar-refractivity contribution >= 4 is 51.6 Å². The van der Waals surface area contributed by atoms with E-state index in [0.717, 1.165) is 17.8 Å². The van der Waals surface area contributed by atoms with Gasteiger partial charge in [0.25, 0.3) is 11.1 Å². The lowest BCUT2D eigenvalue weighted by atomic mass is 10.1. The Morgan fingerprint density at radius 1 is 1.17 bits per heavy atom. The Morgan fingerprint density at radius 3 is 2.66 bits per heavy atom. The van der Waals surface area contributed by atoms with Gasteiger partial charge in [-0.2, -0.15) is 13.2 Å². The molecule has 6 nitrogen and oxygen atoms in total. The largest absolute Gasteiger partial charge is 0.416 e. The van der Waals surface area contributed by atoms with E-state index in [-0.39, 0.29) is 22.0 Å². The second kappa shape index (κ2) is 7.20. The van der Waals surface area contributed by atoms with Crippen LogP contribution in [0.3, 0.4) is 0 Å². The molecule has 2 heterocycles. The monoisotopic (exact) mass is 438 g/mol. The van der Waals surface area contributed by atoms with Crippen LogP contribution in [-0.2, 0) is 17.5 Å². The van der Waals surface area contributed by atoms with Gasteiger partial charge in [0.15, 0.2) is 0 Å². The standard InChI is InChI=1S/C18H10ClF3N4O2S/c19-11-3-2-10(12(7-11)18(20,21)22)8-26-14-4-1-9(5-13(14)24-25-26)6-15-16(27)23-17(28)29-15/h1-7H,8H2,(H,23,27,28). The number of carbonyl (C=O) groups is 2. The first-order valence-corrected chi connectivity index (χ1v) is 9.34. The normalized spacial score (nSPS) is 16.1. The minimum absolute atomic E-state index is 0.00509. The smallest absolute Gasteiger partial charge is 0.282 e. The molecule has 148 valence electrons. The first kappa shape index (κ1) is 19.5. The van der Waals surface area contributed by atoms with Crippen molar-refractivity contribution in [3.05, 3.63) is 63.0 Å². The van der Waals surface area contributed by atoms with Crippen molar-refractivity contribution in [1.82, 2.24) is 20.3 Å². The summed E-state index contributed by atoms with van der Waals surface area (Å²) < 4.78 is 41.3. The van der Waals surface area contributed by atoms with Crippen LogP contribution < -0.4 is 5.32 Å². The van der Waals surface area contributed by atoms with Gasteiger partial charge in [-0.05, 0) is 53.2 Å². The lowest BCUT2D eigenvalue weighted by molar-refractivity contribution is -0.138. The highest BCUT2D eigenvalue weighted by Gasteiger charge is 2.33. The van der Waals surface area contributed by atoms with Crippen LogP contribution in [0.5, 0.6) is 0 Å². The minimum Gasteiger partial charge on any atom is -0.282 e. The molecule has 0 bridgehead atoms. The number of carbonyl (C=O) groups excluding carboxylic acids is 2. The highest BCUT2D eigenvalue weighted by atomic mass is 35.5. The number of benzene rings is 2. The van der Waals surface area contributed by atoms with E-state index < -0.39 is 22.9 Å². The van der Waals surface area contributed by atoms with Crippen LogP contribution in [0.15, 0.2) is 41.3 Å². The van der Waals surface area contributed by atoms with Gasteiger partial charge in [0, 0.05) is 5.02 Å². The summed E-state index contributed by atoms with van der Waals surface area (Å²) in [4.78, 5) is 23.1. The van der Waals surface area contributed by atoms with Gasteiger partial charge in [0.1, 0.15) is 5.52 Å². The lowest BCUT2D eigenvalue weighted by Gasteiger charge is -2.13. The highest BCUT2D eigenvalue weighted by Crippen LogP contribution is 2.34. The van der Waals surface area contributed by atoms with E-state index in [2.05, 4.69) is 15.6 Å². The molecule has 1 saturated heterocycles. The Bertz CT molecular complexity index is 1190. The molecule has 29 heavy (non-hydrogen) atoms. The zero-order valence-corrected chi connectivity index (χ0v) is 15.9. The molecule has 3 aromatic rings. The van der Waals surface area contributed by atoms with Gasteiger partial charge < -0.3 is 0 Å². The summed E-state index contributed by atoms with van der Waals surface area (Å²) in [6.45, 7) is -0.143. The molecule has 1 aliphatic rings. The topological polar surface area (TPSA) is 76.9 Å². The predicted octanol–water partition coefficient (Wildman–Crippen LogP) is 4.48. The number of hydrogen-bond acceptors (Lipinski definition) is 5. The molecule has 0 spiro atoms. The molecule has 4 rings (SSSR count). The second-order valence-corrected chi connectivity index (χ2v) is 7.60. The van der Waals surface area contributed by atoms with Crippen molar-refractivity contribution in [3.8, 4) is 0 Å². The number of hydrogen-bond donors (Lipinski definition) is 1. The van der Waals surface area contributed by atoms with Gasteiger partial charge >= 0.3 is 6.18 Å². The molecule has 1 fully saturated rings. The zero-order valence-electron chi connectivity index (χ0n) is 14.3. The SMILES string of the molecule is O=C1NC(=O)C(=Cc2ccc3c(c2)nnn3Cc2ccc(Cl)cc2C(F)(F)F)S1. The maximum Gasteiger partial charge on any atom is 0.416 e. The fraction of sp³-hybridized carbons (Fsp3) is 0.111. The third kappa shape index (κ3) is 3.99. The van der Waals surface area contributed by atoms with Crippen LogP contribution in [-0.4, -0.2) is 26.1 Å². The molecular formula is C18H10ClF3N4O2S. The number of amides is 2. The molecule has 1 aliphatic heterocycles. The first-order valence-electron chi connectivity index (χ1n) is 8.14. The number of halogens is 4. The highest BCUT2D eigenvalue weighted by molar-refractivity contribution is 8.18. The van der Waals surface area contributed by atoms with Gasteiger partial charge in [-0.1, -0.05) is 28.9 Å². The van der Waals surface area contributed by atoms with Crippen molar-refractivity contribution in [3.63, 3.8) is 0 Å².